The summed E-state index contributed by atoms with van der Waals surface area (Å²) < 4.78 is 43.2. The summed E-state index contributed by atoms with van der Waals surface area (Å²) in [6.07, 6.45) is -4.36. The van der Waals surface area contributed by atoms with Crippen molar-refractivity contribution in [3.05, 3.63) is 65.2 Å². The number of nitrogens with zero attached hydrogens (tertiary/aromatic N) is 2. The normalized spacial score (nSPS) is 11.7. The number of ether oxygens (including phenoxy) is 1. The Hall–Kier alpha value is -3.23. The molecular weight excluding hydrogens is 409 g/mol. The van der Waals surface area contributed by atoms with Gasteiger partial charge in [-0.2, -0.15) is 13.2 Å². The lowest BCUT2D eigenvalue weighted by Crippen LogP contribution is -2.39. The summed E-state index contributed by atoms with van der Waals surface area (Å²) >= 11 is 0. The fourth-order valence-corrected chi connectivity index (χ4v) is 2.60. The average Bonchev–Trinajstić information content (AvgIpc) is 2.74. The lowest BCUT2D eigenvalue weighted by atomic mass is 10.1. The topological polar surface area (TPSA) is 66.0 Å². The van der Waals surface area contributed by atoms with E-state index in [4.69, 9.17) is 4.74 Å². The minimum absolute atomic E-state index is 0.0573. The molecule has 2 aromatic rings. The molecule has 9 heteroatoms. The first-order valence-corrected chi connectivity index (χ1v) is 9.83. The number of hydrogen-bond acceptors (Lipinski definition) is 3. The Morgan fingerprint density at radius 3 is 2.23 bits per heavy atom. The number of guanidine groups is 1. The zero-order valence-corrected chi connectivity index (χ0v) is 17.8. The van der Waals surface area contributed by atoms with Gasteiger partial charge in [0.1, 0.15) is 12.4 Å². The molecular formula is C22H27F3N4O2. The van der Waals surface area contributed by atoms with E-state index >= 15 is 0 Å². The second-order valence-corrected chi connectivity index (χ2v) is 6.89. The Morgan fingerprint density at radius 2 is 1.68 bits per heavy atom. The third-order valence-corrected chi connectivity index (χ3v) is 4.22. The number of nitrogens with one attached hydrogen (secondary N) is 2. The molecule has 2 aromatic carbocycles. The summed E-state index contributed by atoms with van der Waals surface area (Å²) in [5, 5.41) is 6.23. The number of carbonyl (C=O) groups excluding carboxylic acids is 1. The smallest absolute Gasteiger partial charge is 0.416 e. The molecule has 0 saturated heterocycles. The molecule has 0 aromatic heterocycles. The van der Waals surface area contributed by atoms with Crippen LogP contribution in [0.4, 0.5) is 13.2 Å². The quantitative estimate of drug-likeness (QED) is 0.377. The van der Waals surface area contributed by atoms with E-state index in [0.29, 0.717) is 36.9 Å². The predicted molar refractivity (Wildman–Crippen MR) is 114 cm³/mol. The number of amides is 1. The summed E-state index contributed by atoms with van der Waals surface area (Å²) in [4.78, 5) is 17.9. The van der Waals surface area contributed by atoms with Crippen LogP contribution < -0.4 is 15.4 Å². The van der Waals surface area contributed by atoms with Crippen molar-refractivity contribution < 1.29 is 22.7 Å². The summed E-state index contributed by atoms with van der Waals surface area (Å²) in [7, 11) is 3.41. The Morgan fingerprint density at radius 1 is 1.03 bits per heavy atom. The standard InChI is InChI=1S/C22H27F3N4O2/c1-4-26-21(28-15-16-5-7-17(8-6-16)20(30)29(2)3)27-13-14-31-19-11-9-18(10-12-19)22(23,24)25/h5-12H,4,13-15H2,1-3H3,(H2,26,27,28). The third-order valence-electron chi connectivity index (χ3n) is 4.22. The van der Waals surface area contributed by atoms with E-state index in [1.807, 2.05) is 19.1 Å². The molecule has 0 fully saturated rings. The second kappa shape index (κ2) is 11.2. The molecule has 0 aliphatic carbocycles. The number of rotatable bonds is 8. The first-order chi connectivity index (χ1) is 14.7. The van der Waals surface area contributed by atoms with Crippen LogP contribution in [0.25, 0.3) is 0 Å². The van der Waals surface area contributed by atoms with Crippen LogP contribution in [0.2, 0.25) is 0 Å². The first-order valence-electron chi connectivity index (χ1n) is 9.83. The van der Waals surface area contributed by atoms with E-state index in [2.05, 4.69) is 15.6 Å². The van der Waals surface area contributed by atoms with E-state index in [-0.39, 0.29) is 12.5 Å². The van der Waals surface area contributed by atoms with Gasteiger partial charge < -0.3 is 20.3 Å². The lowest BCUT2D eigenvalue weighted by molar-refractivity contribution is -0.137. The molecule has 0 radical (unpaired) electrons. The van der Waals surface area contributed by atoms with Crippen molar-refractivity contribution in [3.8, 4) is 5.75 Å². The highest BCUT2D eigenvalue weighted by atomic mass is 19.4. The second-order valence-electron chi connectivity index (χ2n) is 6.89. The molecule has 0 saturated carbocycles. The molecule has 1 amide bonds. The molecule has 0 spiro atoms. The first kappa shape index (κ1) is 24.0. The van der Waals surface area contributed by atoms with Gasteiger partial charge in [-0.15, -0.1) is 0 Å². The van der Waals surface area contributed by atoms with Gasteiger partial charge in [-0.05, 0) is 48.9 Å². The maximum atomic E-state index is 12.6. The van der Waals surface area contributed by atoms with E-state index < -0.39 is 11.7 Å². The number of aliphatic imine (C=N–C) groups is 1. The van der Waals surface area contributed by atoms with E-state index in [0.717, 1.165) is 17.7 Å². The van der Waals surface area contributed by atoms with Gasteiger partial charge in [0.15, 0.2) is 5.96 Å². The van der Waals surface area contributed by atoms with E-state index in [9.17, 15) is 18.0 Å². The van der Waals surface area contributed by atoms with Gasteiger partial charge in [-0.1, -0.05) is 12.1 Å². The fourth-order valence-electron chi connectivity index (χ4n) is 2.60. The van der Waals surface area contributed by atoms with Crippen molar-refractivity contribution >= 4 is 11.9 Å². The van der Waals surface area contributed by atoms with Gasteiger partial charge in [-0.25, -0.2) is 4.99 Å². The van der Waals surface area contributed by atoms with Crippen LogP contribution in [-0.2, 0) is 12.7 Å². The van der Waals surface area contributed by atoms with E-state index in [1.165, 1.54) is 17.0 Å². The molecule has 31 heavy (non-hydrogen) atoms. The van der Waals surface area contributed by atoms with Crippen LogP contribution in [0.1, 0.15) is 28.4 Å². The van der Waals surface area contributed by atoms with Gasteiger partial charge in [0.05, 0.1) is 18.7 Å². The Labute approximate surface area is 180 Å². The highest BCUT2D eigenvalue weighted by Gasteiger charge is 2.29. The molecule has 168 valence electrons. The number of alkyl halides is 3. The van der Waals surface area contributed by atoms with Crippen molar-refractivity contribution in [1.29, 1.82) is 0 Å². The van der Waals surface area contributed by atoms with Crippen LogP contribution in [0, 0.1) is 0 Å². The zero-order chi connectivity index (χ0) is 22.9. The van der Waals surface area contributed by atoms with Crippen LogP contribution in [0.3, 0.4) is 0 Å². The van der Waals surface area contributed by atoms with Crippen LogP contribution in [-0.4, -0.2) is 50.6 Å². The maximum Gasteiger partial charge on any atom is 0.416 e. The average molecular weight is 436 g/mol. The Kier molecular flexibility index (Phi) is 8.72. The molecule has 0 unspecified atom stereocenters. The summed E-state index contributed by atoms with van der Waals surface area (Å²) in [5.74, 6) is 0.897. The maximum absolute atomic E-state index is 12.6. The lowest BCUT2D eigenvalue weighted by Gasteiger charge is -2.13. The molecule has 0 aliphatic heterocycles. The zero-order valence-electron chi connectivity index (χ0n) is 17.8. The Bertz CT molecular complexity index is 864. The largest absolute Gasteiger partial charge is 0.492 e. The van der Waals surface area contributed by atoms with E-state index in [1.54, 1.807) is 26.2 Å². The number of halogens is 3. The van der Waals surface area contributed by atoms with Crippen molar-refractivity contribution in [1.82, 2.24) is 15.5 Å². The highest BCUT2D eigenvalue weighted by Crippen LogP contribution is 2.30. The summed E-state index contributed by atoms with van der Waals surface area (Å²) in [5.41, 5.74) is 0.857. The molecule has 6 nitrogen and oxygen atoms in total. The fraction of sp³-hybridized carbons (Fsp3) is 0.364. The van der Waals surface area contributed by atoms with Gasteiger partial charge >= 0.3 is 6.18 Å². The molecule has 0 heterocycles. The minimum Gasteiger partial charge on any atom is -0.492 e. The number of benzene rings is 2. The third kappa shape index (κ3) is 7.84. The molecule has 2 N–H and O–H groups in total. The van der Waals surface area contributed by atoms with Crippen LogP contribution in [0.15, 0.2) is 53.5 Å². The number of carbonyl (C=O) groups is 1. The molecule has 0 bridgehead atoms. The van der Waals surface area contributed by atoms with Crippen molar-refractivity contribution in [2.75, 3.05) is 33.8 Å². The number of hydrogen-bond donors (Lipinski definition) is 2. The van der Waals surface area contributed by atoms with Gasteiger partial charge in [0.2, 0.25) is 0 Å². The van der Waals surface area contributed by atoms with Crippen LogP contribution in [0.5, 0.6) is 5.75 Å². The Balaban J connectivity index is 1.84. The summed E-state index contributed by atoms with van der Waals surface area (Å²) in [6.45, 7) is 3.71. The SMILES string of the molecule is CCNC(=NCc1ccc(C(=O)N(C)C)cc1)NCCOc1ccc(C(F)(F)F)cc1. The molecule has 0 atom stereocenters. The summed E-state index contributed by atoms with van der Waals surface area (Å²) in [6, 6.07) is 11.8. The van der Waals surface area contributed by atoms with Crippen molar-refractivity contribution in [2.24, 2.45) is 4.99 Å². The molecule has 2 rings (SSSR count). The van der Waals surface area contributed by atoms with Gasteiger partial charge in [-0.3, -0.25) is 4.79 Å². The minimum atomic E-state index is -4.36. The highest BCUT2D eigenvalue weighted by molar-refractivity contribution is 5.93. The van der Waals surface area contributed by atoms with Gasteiger partial charge in [0.25, 0.3) is 5.91 Å². The van der Waals surface area contributed by atoms with Crippen molar-refractivity contribution in [3.63, 3.8) is 0 Å². The molecule has 0 aliphatic rings. The van der Waals surface area contributed by atoms with Gasteiger partial charge in [0, 0.05) is 26.2 Å². The van der Waals surface area contributed by atoms with Crippen LogP contribution >= 0.6 is 0 Å². The monoisotopic (exact) mass is 436 g/mol. The van der Waals surface area contributed by atoms with Crippen molar-refractivity contribution in [2.45, 2.75) is 19.6 Å². The predicted octanol–water partition coefficient (Wildman–Crippen LogP) is 3.54.